The van der Waals surface area contributed by atoms with E-state index >= 15 is 0 Å². The van der Waals surface area contributed by atoms with Gasteiger partial charge in [0.1, 0.15) is 5.69 Å². The van der Waals surface area contributed by atoms with E-state index in [9.17, 15) is 13.6 Å². The highest BCUT2D eigenvalue weighted by Crippen LogP contribution is 2.28. The number of halogens is 4. The predicted octanol–water partition coefficient (Wildman–Crippen LogP) is 3.52. The second-order valence-corrected chi connectivity index (χ2v) is 4.05. The molecule has 1 aromatic rings. The number of rotatable bonds is 5. The van der Waals surface area contributed by atoms with Crippen LogP contribution in [0.3, 0.4) is 0 Å². The molecule has 0 unspecified atom stereocenters. The third-order valence-corrected chi connectivity index (χ3v) is 2.70. The van der Waals surface area contributed by atoms with Crippen LogP contribution in [0, 0.1) is 0 Å². The lowest BCUT2D eigenvalue weighted by Gasteiger charge is -2.10. The molecule has 0 radical (unpaired) electrons. The van der Waals surface area contributed by atoms with E-state index in [0.29, 0.717) is 5.56 Å². The zero-order chi connectivity index (χ0) is 13.7. The standard InChI is InChI=1S/C11H11Cl2F2NO2/c1-2-18-9(17)4-6-3-7(13)10(11(14)15)16-8(6)5-12/h3,11H,2,4-5H2,1H3. The first-order valence-electron chi connectivity index (χ1n) is 5.17. The number of alkyl halides is 3. The van der Waals surface area contributed by atoms with Crippen LogP contribution in [0.25, 0.3) is 0 Å². The molecule has 7 heteroatoms. The Balaban J connectivity index is 3.05. The SMILES string of the molecule is CCOC(=O)Cc1cc(Cl)c(C(F)F)nc1CCl. The summed E-state index contributed by atoms with van der Waals surface area (Å²) in [4.78, 5) is 15.0. The monoisotopic (exact) mass is 297 g/mol. The van der Waals surface area contributed by atoms with Crippen LogP contribution in [0.1, 0.15) is 30.3 Å². The molecule has 0 fully saturated rings. The first-order chi connectivity index (χ1) is 8.49. The number of hydrogen-bond acceptors (Lipinski definition) is 3. The molecule has 0 bridgehead atoms. The van der Waals surface area contributed by atoms with Gasteiger partial charge in [-0.15, -0.1) is 11.6 Å². The van der Waals surface area contributed by atoms with E-state index in [1.807, 2.05) is 0 Å². The molecular weight excluding hydrogens is 287 g/mol. The van der Waals surface area contributed by atoms with E-state index < -0.39 is 18.1 Å². The van der Waals surface area contributed by atoms with Crippen LogP contribution in [0.4, 0.5) is 8.78 Å². The number of hydrogen-bond donors (Lipinski definition) is 0. The van der Waals surface area contributed by atoms with Crippen LogP contribution in [0.15, 0.2) is 6.07 Å². The number of ether oxygens (including phenoxy) is 1. The molecule has 0 saturated heterocycles. The van der Waals surface area contributed by atoms with Crippen LogP contribution in [0.5, 0.6) is 0 Å². The van der Waals surface area contributed by atoms with Gasteiger partial charge < -0.3 is 4.74 Å². The molecule has 0 aromatic carbocycles. The van der Waals surface area contributed by atoms with E-state index in [1.54, 1.807) is 6.92 Å². The van der Waals surface area contributed by atoms with Crippen LogP contribution >= 0.6 is 23.2 Å². The van der Waals surface area contributed by atoms with Gasteiger partial charge in [-0.2, -0.15) is 0 Å². The van der Waals surface area contributed by atoms with Crippen LogP contribution < -0.4 is 0 Å². The quantitative estimate of drug-likeness (QED) is 0.617. The van der Waals surface area contributed by atoms with Crippen molar-refractivity contribution in [2.75, 3.05) is 6.61 Å². The Morgan fingerprint density at radius 1 is 1.56 bits per heavy atom. The molecule has 3 nitrogen and oxygen atoms in total. The van der Waals surface area contributed by atoms with Crippen molar-refractivity contribution in [3.05, 3.63) is 28.0 Å². The van der Waals surface area contributed by atoms with Crippen molar-refractivity contribution >= 4 is 29.2 Å². The average molecular weight is 298 g/mol. The van der Waals surface area contributed by atoms with Gasteiger partial charge >= 0.3 is 5.97 Å². The third kappa shape index (κ3) is 3.78. The zero-order valence-corrected chi connectivity index (χ0v) is 11.1. The van der Waals surface area contributed by atoms with Crippen molar-refractivity contribution in [3.8, 4) is 0 Å². The summed E-state index contributed by atoms with van der Waals surface area (Å²) >= 11 is 11.3. The van der Waals surface area contributed by atoms with Crippen molar-refractivity contribution in [3.63, 3.8) is 0 Å². The largest absolute Gasteiger partial charge is 0.466 e. The minimum Gasteiger partial charge on any atom is -0.466 e. The van der Waals surface area contributed by atoms with Gasteiger partial charge in [0.15, 0.2) is 0 Å². The highest BCUT2D eigenvalue weighted by atomic mass is 35.5. The maximum atomic E-state index is 12.6. The zero-order valence-electron chi connectivity index (χ0n) is 9.55. The van der Waals surface area contributed by atoms with Gasteiger partial charge in [0.05, 0.1) is 29.6 Å². The van der Waals surface area contributed by atoms with Crippen LogP contribution in [-0.2, 0) is 21.8 Å². The molecule has 100 valence electrons. The van der Waals surface area contributed by atoms with E-state index in [4.69, 9.17) is 27.9 Å². The molecule has 18 heavy (non-hydrogen) atoms. The molecule has 0 saturated carbocycles. The summed E-state index contributed by atoms with van der Waals surface area (Å²) in [5.74, 6) is -0.558. The van der Waals surface area contributed by atoms with Gasteiger partial charge in [0.2, 0.25) is 0 Å². The summed E-state index contributed by atoms with van der Waals surface area (Å²) in [5.41, 5.74) is 0.0854. The Bertz CT molecular complexity index is 441. The minimum absolute atomic E-state index is 0.0778. The maximum Gasteiger partial charge on any atom is 0.310 e. The summed E-state index contributed by atoms with van der Waals surface area (Å²) in [7, 11) is 0. The molecule has 0 amide bonds. The molecular formula is C11H11Cl2F2NO2. The second kappa shape index (κ2) is 6.85. The fraction of sp³-hybridized carbons (Fsp3) is 0.455. The summed E-state index contributed by atoms with van der Waals surface area (Å²) in [6.07, 6.45) is -2.87. The number of carbonyl (C=O) groups is 1. The van der Waals surface area contributed by atoms with Gasteiger partial charge in [0, 0.05) is 0 Å². The summed E-state index contributed by atoms with van der Waals surface area (Å²) in [5, 5.41) is -0.182. The third-order valence-electron chi connectivity index (χ3n) is 2.15. The maximum absolute atomic E-state index is 12.6. The summed E-state index contributed by atoms with van der Waals surface area (Å²) < 4.78 is 29.9. The molecule has 0 aliphatic heterocycles. The number of aromatic nitrogens is 1. The lowest BCUT2D eigenvalue weighted by Crippen LogP contribution is -2.11. The smallest absolute Gasteiger partial charge is 0.310 e. The predicted molar refractivity (Wildman–Crippen MR) is 64.1 cm³/mol. The van der Waals surface area contributed by atoms with E-state index in [0.717, 1.165) is 0 Å². The highest BCUT2D eigenvalue weighted by molar-refractivity contribution is 6.31. The fourth-order valence-corrected chi connectivity index (χ4v) is 1.86. The molecule has 0 atom stereocenters. The van der Waals surface area contributed by atoms with Crippen molar-refractivity contribution in [2.45, 2.75) is 25.7 Å². The molecule has 1 aromatic heterocycles. The molecule has 1 rings (SSSR count). The number of nitrogens with zero attached hydrogens (tertiary/aromatic N) is 1. The second-order valence-electron chi connectivity index (χ2n) is 3.38. The van der Waals surface area contributed by atoms with Crippen molar-refractivity contribution < 1.29 is 18.3 Å². The Labute approximate surface area is 113 Å². The minimum atomic E-state index is -2.78. The Morgan fingerprint density at radius 3 is 2.72 bits per heavy atom. The number of esters is 1. The van der Waals surface area contributed by atoms with Crippen LogP contribution in [0.2, 0.25) is 5.02 Å². The number of pyridine rings is 1. The Hall–Kier alpha value is -0.940. The topological polar surface area (TPSA) is 39.2 Å². The molecule has 1 heterocycles. The normalized spacial score (nSPS) is 10.8. The van der Waals surface area contributed by atoms with Gasteiger partial charge in [-0.25, -0.2) is 13.8 Å². The van der Waals surface area contributed by atoms with Gasteiger partial charge in [-0.05, 0) is 18.6 Å². The molecule has 0 aliphatic rings. The molecule has 0 spiro atoms. The number of carbonyl (C=O) groups excluding carboxylic acids is 1. The molecule has 0 N–H and O–H groups in total. The van der Waals surface area contributed by atoms with Crippen molar-refractivity contribution in [1.82, 2.24) is 4.98 Å². The first-order valence-corrected chi connectivity index (χ1v) is 6.08. The Morgan fingerprint density at radius 2 is 2.22 bits per heavy atom. The lowest BCUT2D eigenvalue weighted by molar-refractivity contribution is -0.142. The summed E-state index contributed by atoms with van der Waals surface area (Å²) in [6.45, 7) is 1.91. The van der Waals surface area contributed by atoms with Gasteiger partial charge in [-0.1, -0.05) is 11.6 Å². The van der Waals surface area contributed by atoms with Crippen molar-refractivity contribution in [1.29, 1.82) is 0 Å². The molecule has 0 aliphatic carbocycles. The van der Waals surface area contributed by atoms with Crippen molar-refractivity contribution in [2.24, 2.45) is 0 Å². The average Bonchev–Trinajstić information content (AvgIpc) is 2.29. The van der Waals surface area contributed by atoms with E-state index in [1.165, 1.54) is 6.07 Å². The Kier molecular flexibility index (Phi) is 5.75. The van der Waals surface area contributed by atoms with E-state index in [-0.39, 0.29) is 29.6 Å². The first kappa shape index (κ1) is 15.1. The van der Waals surface area contributed by atoms with E-state index in [2.05, 4.69) is 4.98 Å². The highest BCUT2D eigenvalue weighted by Gasteiger charge is 2.19. The van der Waals surface area contributed by atoms with Crippen LogP contribution in [-0.4, -0.2) is 17.6 Å². The summed E-state index contributed by atoms with van der Waals surface area (Å²) in [6, 6.07) is 1.28. The lowest BCUT2D eigenvalue weighted by atomic mass is 10.1. The van der Waals surface area contributed by atoms with Gasteiger partial charge in [-0.3, -0.25) is 4.79 Å². The van der Waals surface area contributed by atoms with Gasteiger partial charge in [0.25, 0.3) is 6.43 Å². The fourth-order valence-electron chi connectivity index (χ4n) is 1.37.